The maximum atomic E-state index is 2.45. The Bertz CT molecular complexity index is 2930. The summed E-state index contributed by atoms with van der Waals surface area (Å²) in [7, 11) is 0. The van der Waals surface area contributed by atoms with Gasteiger partial charge in [-0.1, -0.05) is 129 Å². The van der Waals surface area contributed by atoms with Crippen LogP contribution in [-0.4, -0.2) is 4.57 Å². The topological polar surface area (TPSA) is 8.17 Å². The van der Waals surface area contributed by atoms with Gasteiger partial charge < -0.3 is 9.47 Å². The van der Waals surface area contributed by atoms with Crippen molar-refractivity contribution in [1.29, 1.82) is 0 Å². The van der Waals surface area contributed by atoms with Crippen LogP contribution in [0.3, 0.4) is 0 Å². The first kappa shape index (κ1) is 29.7. The summed E-state index contributed by atoms with van der Waals surface area (Å²) in [5, 5.41) is 5.03. The van der Waals surface area contributed by atoms with Crippen molar-refractivity contribution in [2.45, 2.75) is 29.1 Å². The van der Waals surface area contributed by atoms with E-state index >= 15 is 0 Å². The van der Waals surface area contributed by atoms with Crippen molar-refractivity contribution in [3.05, 3.63) is 181 Å². The first-order valence-electron chi connectivity index (χ1n) is 18.0. The monoisotopic (exact) mass is 682 g/mol. The second kappa shape index (κ2) is 11.0. The molecule has 9 aromatic rings. The van der Waals surface area contributed by atoms with E-state index in [0.29, 0.717) is 0 Å². The maximum Gasteiger partial charge on any atom is 0.0602 e. The van der Waals surface area contributed by atoms with Crippen molar-refractivity contribution in [1.82, 2.24) is 4.57 Å². The van der Waals surface area contributed by atoms with Crippen LogP contribution in [0.15, 0.2) is 180 Å². The molecule has 0 N–H and O–H groups in total. The largest absolute Gasteiger partial charge is 0.309 e. The fourth-order valence-electron chi connectivity index (χ4n) is 8.81. The zero-order chi connectivity index (χ0) is 34.6. The average Bonchev–Trinajstić information content (AvgIpc) is 3.64. The summed E-state index contributed by atoms with van der Waals surface area (Å²) in [6, 6.07) is 62.9. The van der Waals surface area contributed by atoms with Crippen molar-refractivity contribution < 1.29 is 0 Å². The zero-order valence-corrected chi connectivity index (χ0v) is 29.8. The molecule has 0 saturated heterocycles. The molecule has 0 bridgehead atoms. The summed E-state index contributed by atoms with van der Waals surface area (Å²) in [5.41, 5.74) is 15.2. The van der Waals surface area contributed by atoms with E-state index in [0.717, 1.165) is 0 Å². The molecule has 2 aliphatic rings. The Labute approximate surface area is 307 Å². The molecule has 0 amide bonds. The molecular formula is C49H34N2S. The number of aromatic nitrogens is 1. The Kier molecular flexibility index (Phi) is 6.27. The van der Waals surface area contributed by atoms with Gasteiger partial charge in [0.25, 0.3) is 0 Å². The van der Waals surface area contributed by atoms with E-state index in [1.54, 1.807) is 0 Å². The van der Waals surface area contributed by atoms with E-state index in [9.17, 15) is 0 Å². The zero-order valence-electron chi connectivity index (χ0n) is 29.0. The lowest BCUT2D eigenvalue weighted by Crippen LogP contribution is -2.14. The van der Waals surface area contributed by atoms with Crippen LogP contribution in [-0.2, 0) is 5.41 Å². The van der Waals surface area contributed by atoms with E-state index in [1.807, 2.05) is 11.8 Å². The van der Waals surface area contributed by atoms with E-state index in [-0.39, 0.29) is 5.41 Å². The van der Waals surface area contributed by atoms with Crippen molar-refractivity contribution in [2.24, 2.45) is 0 Å². The summed E-state index contributed by atoms with van der Waals surface area (Å²) < 4.78 is 2.45. The first-order chi connectivity index (χ1) is 25.5. The maximum absolute atomic E-state index is 2.45. The molecular weight excluding hydrogens is 649 g/mol. The van der Waals surface area contributed by atoms with Crippen LogP contribution < -0.4 is 4.90 Å². The molecule has 0 spiro atoms. The number of rotatable bonds is 3. The molecule has 1 aromatic heterocycles. The number of hydrogen-bond acceptors (Lipinski definition) is 2. The fraction of sp³-hybridized carbons (Fsp3) is 0.0612. The van der Waals surface area contributed by atoms with Gasteiger partial charge in [-0.15, -0.1) is 0 Å². The van der Waals surface area contributed by atoms with Crippen molar-refractivity contribution >= 4 is 61.4 Å². The van der Waals surface area contributed by atoms with Gasteiger partial charge in [-0.05, 0) is 111 Å². The van der Waals surface area contributed by atoms with Crippen LogP contribution in [0.4, 0.5) is 17.1 Å². The van der Waals surface area contributed by atoms with Gasteiger partial charge in [0.15, 0.2) is 0 Å². The summed E-state index contributed by atoms with van der Waals surface area (Å²) in [6.07, 6.45) is 0. The highest BCUT2D eigenvalue weighted by Gasteiger charge is 2.35. The smallest absolute Gasteiger partial charge is 0.0602 e. The second-order valence-corrected chi connectivity index (χ2v) is 15.7. The number of nitrogens with zero attached hydrogens (tertiary/aromatic N) is 2. The Morgan fingerprint density at radius 2 is 1.13 bits per heavy atom. The number of hydrogen-bond donors (Lipinski definition) is 0. The van der Waals surface area contributed by atoms with Crippen LogP contribution in [0.1, 0.15) is 25.0 Å². The number of anilines is 3. The molecule has 0 unspecified atom stereocenters. The molecule has 52 heavy (non-hydrogen) atoms. The molecule has 0 saturated carbocycles. The molecule has 246 valence electrons. The lowest BCUT2D eigenvalue weighted by atomic mass is 9.82. The third-order valence-corrected chi connectivity index (χ3v) is 12.5. The fourth-order valence-corrected chi connectivity index (χ4v) is 9.91. The molecule has 11 rings (SSSR count). The van der Waals surface area contributed by atoms with Gasteiger partial charge in [0.2, 0.25) is 0 Å². The predicted molar refractivity (Wildman–Crippen MR) is 220 cm³/mol. The van der Waals surface area contributed by atoms with Crippen LogP contribution in [0.2, 0.25) is 0 Å². The second-order valence-electron chi connectivity index (χ2n) is 14.6. The van der Waals surface area contributed by atoms with Crippen LogP contribution in [0.5, 0.6) is 0 Å². The van der Waals surface area contributed by atoms with Crippen molar-refractivity contribution in [3.8, 4) is 27.9 Å². The third-order valence-electron chi connectivity index (χ3n) is 11.3. The van der Waals surface area contributed by atoms with Crippen LogP contribution in [0.25, 0.3) is 60.5 Å². The van der Waals surface area contributed by atoms with E-state index < -0.39 is 0 Å². The molecule has 1 aliphatic heterocycles. The SMILES string of the molecule is CC1(C)c2ccccc2-c2cc(-n3c4ccccc4c4cc(-c5ccc6c(c5)Sc5ccccc5N6c5ccc6ccccc6c5)ccc43)ccc21. The van der Waals surface area contributed by atoms with Gasteiger partial charge in [0.1, 0.15) is 0 Å². The molecule has 0 atom stereocenters. The van der Waals surface area contributed by atoms with Crippen molar-refractivity contribution in [3.63, 3.8) is 0 Å². The molecule has 3 heteroatoms. The Balaban J connectivity index is 1.04. The van der Waals surface area contributed by atoms with Gasteiger partial charge in [0, 0.05) is 37.4 Å². The first-order valence-corrected chi connectivity index (χ1v) is 18.8. The van der Waals surface area contributed by atoms with E-state index in [4.69, 9.17) is 0 Å². The number of para-hydroxylation sites is 2. The Morgan fingerprint density at radius 1 is 0.442 bits per heavy atom. The predicted octanol–water partition coefficient (Wildman–Crippen LogP) is 13.8. The quantitative estimate of drug-likeness (QED) is 0.183. The van der Waals surface area contributed by atoms with E-state index in [2.05, 4.69) is 193 Å². The molecule has 2 heterocycles. The average molecular weight is 683 g/mol. The summed E-state index contributed by atoms with van der Waals surface area (Å²) in [4.78, 5) is 4.94. The number of fused-ring (bicyclic) bond motifs is 9. The molecule has 8 aromatic carbocycles. The van der Waals surface area contributed by atoms with Gasteiger partial charge in [-0.2, -0.15) is 0 Å². The lowest BCUT2D eigenvalue weighted by molar-refractivity contribution is 0.660. The molecule has 0 radical (unpaired) electrons. The van der Waals surface area contributed by atoms with E-state index in [1.165, 1.54) is 98.5 Å². The van der Waals surface area contributed by atoms with Gasteiger partial charge >= 0.3 is 0 Å². The highest BCUT2D eigenvalue weighted by molar-refractivity contribution is 7.99. The highest BCUT2D eigenvalue weighted by atomic mass is 32.2. The molecule has 1 aliphatic carbocycles. The minimum atomic E-state index is -0.0120. The van der Waals surface area contributed by atoms with Gasteiger partial charge in [-0.3, -0.25) is 0 Å². The van der Waals surface area contributed by atoms with Crippen molar-refractivity contribution in [2.75, 3.05) is 4.90 Å². The van der Waals surface area contributed by atoms with Crippen LogP contribution in [0, 0.1) is 0 Å². The summed E-state index contributed by atoms with van der Waals surface area (Å²) in [6.45, 7) is 4.69. The molecule has 2 nitrogen and oxygen atoms in total. The minimum absolute atomic E-state index is 0.0120. The Hall–Kier alpha value is -6.03. The normalized spacial score (nSPS) is 14.0. The van der Waals surface area contributed by atoms with Gasteiger partial charge in [-0.25, -0.2) is 0 Å². The molecule has 0 fully saturated rings. The number of benzene rings is 8. The summed E-state index contributed by atoms with van der Waals surface area (Å²) in [5.74, 6) is 0. The Morgan fingerprint density at radius 3 is 2.08 bits per heavy atom. The van der Waals surface area contributed by atoms with Crippen LogP contribution >= 0.6 is 11.8 Å². The standard InChI is InChI=1S/C49H34N2S/c1-49(2)41-15-7-5-13-37(41)39-30-36(23-24-42(39)49)50-43-16-8-6-14-38(43)40-28-33(20-25-44(40)50)34-21-26-46-48(29-34)52-47-18-10-9-17-45(47)51(46)35-22-19-31-11-3-4-12-32(31)27-35/h3-30H,1-2H3. The summed E-state index contributed by atoms with van der Waals surface area (Å²) >= 11 is 1.86. The lowest BCUT2D eigenvalue weighted by Gasteiger charge is -2.33. The van der Waals surface area contributed by atoms with Gasteiger partial charge in [0.05, 0.1) is 22.4 Å². The minimum Gasteiger partial charge on any atom is -0.309 e. The third kappa shape index (κ3) is 4.26. The highest BCUT2D eigenvalue weighted by Crippen LogP contribution is 2.53.